The maximum atomic E-state index is 13.7. The van der Waals surface area contributed by atoms with Crippen molar-refractivity contribution in [1.82, 2.24) is 4.31 Å². The molecule has 2 aliphatic rings. The van der Waals surface area contributed by atoms with Gasteiger partial charge in [-0.05, 0) is 55.4 Å². The number of sulfonamides is 1. The van der Waals surface area contributed by atoms with Crippen LogP contribution in [-0.2, 0) is 16.4 Å². The lowest BCUT2D eigenvalue weighted by Crippen LogP contribution is -2.36. The fourth-order valence-electron chi connectivity index (χ4n) is 4.10. The Morgan fingerprint density at radius 3 is 2.33 bits per heavy atom. The summed E-state index contributed by atoms with van der Waals surface area (Å²) in [5, 5.41) is 0. The van der Waals surface area contributed by atoms with E-state index in [-0.39, 0.29) is 12.1 Å². The molecule has 0 N–H and O–H groups in total. The van der Waals surface area contributed by atoms with E-state index in [0.717, 1.165) is 31.2 Å². The van der Waals surface area contributed by atoms with Crippen LogP contribution in [0.2, 0.25) is 0 Å². The van der Waals surface area contributed by atoms with Crippen molar-refractivity contribution in [3.63, 3.8) is 0 Å². The average molecular weight is 388 g/mol. The molecule has 144 valence electrons. The number of methoxy groups -OCH3 is 2. The van der Waals surface area contributed by atoms with Crippen LogP contribution < -0.4 is 9.47 Å². The molecule has 2 aromatic rings. The molecule has 0 saturated heterocycles. The molecule has 0 aromatic heterocycles. The number of fused-ring (bicyclic) bond motifs is 1. The van der Waals surface area contributed by atoms with Gasteiger partial charge >= 0.3 is 0 Å². The summed E-state index contributed by atoms with van der Waals surface area (Å²) in [5.74, 6) is 0.974. The molecule has 0 spiro atoms. The van der Waals surface area contributed by atoms with Crippen molar-refractivity contribution in [2.75, 3.05) is 14.2 Å². The van der Waals surface area contributed by atoms with E-state index < -0.39 is 10.0 Å². The number of hydrogen-bond acceptors (Lipinski definition) is 4. The molecule has 6 heteroatoms. The molecule has 2 aromatic carbocycles. The van der Waals surface area contributed by atoms with Gasteiger partial charge in [-0.2, -0.15) is 4.31 Å². The largest absolute Gasteiger partial charge is 0.493 e. The molecule has 5 nitrogen and oxygen atoms in total. The number of nitrogens with zero attached hydrogens (tertiary/aromatic N) is 1. The van der Waals surface area contributed by atoms with Gasteiger partial charge in [0.15, 0.2) is 11.5 Å². The summed E-state index contributed by atoms with van der Waals surface area (Å²) >= 11 is 0. The summed E-state index contributed by atoms with van der Waals surface area (Å²) in [5.41, 5.74) is 3.07. The number of benzene rings is 2. The van der Waals surface area contributed by atoms with Gasteiger partial charge in [0, 0.05) is 12.1 Å². The second-order valence-electron chi connectivity index (χ2n) is 7.29. The van der Waals surface area contributed by atoms with Crippen molar-refractivity contribution < 1.29 is 17.9 Å². The van der Waals surface area contributed by atoms with E-state index >= 15 is 0 Å². The Morgan fingerprint density at radius 1 is 1.00 bits per heavy atom. The molecule has 2 aliphatic carbocycles. The minimum Gasteiger partial charge on any atom is -0.493 e. The van der Waals surface area contributed by atoms with E-state index in [2.05, 4.69) is 12.1 Å². The first-order chi connectivity index (χ1) is 13.0. The first-order valence-corrected chi connectivity index (χ1v) is 10.8. The summed E-state index contributed by atoms with van der Waals surface area (Å²) in [6, 6.07) is 11.5. The third-order valence-corrected chi connectivity index (χ3v) is 7.66. The monoisotopic (exact) mass is 387 g/mol. The molecular weight excluding hydrogens is 362 g/mol. The summed E-state index contributed by atoms with van der Waals surface area (Å²) in [7, 11) is -0.578. The molecule has 4 rings (SSSR count). The summed E-state index contributed by atoms with van der Waals surface area (Å²) in [6.45, 7) is 1.81. The van der Waals surface area contributed by atoms with E-state index in [9.17, 15) is 8.42 Å². The van der Waals surface area contributed by atoms with E-state index in [1.54, 1.807) is 23.5 Å². The first-order valence-electron chi connectivity index (χ1n) is 9.31. The Bertz CT molecular complexity index is 966. The van der Waals surface area contributed by atoms with Crippen molar-refractivity contribution in [2.45, 2.75) is 49.6 Å². The van der Waals surface area contributed by atoms with Crippen molar-refractivity contribution in [1.29, 1.82) is 0 Å². The maximum absolute atomic E-state index is 13.7. The lowest BCUT2D eigenvalue weighted by atomic mass is 10.1. The molecule has 27 heavy (non-hydrogen) atoms. The maximum Gasteiger partial charge on any atom is 0.244 e. The van der Waals surface area contributed by atoms with Crippen LogP contribution in [0.25, 0.3) is 0 Å². The van der Waals surface area contributed by atoms with Crippen LogP contribution in [0.5, 0.6) is 11.5 Å². The topological polar surface area (TPSA) is 55.8 Å². The smallest absolute Gasteiger partial charge is 0.244 e. The van der Waals surface area contributed by atoms with Gasteiger partial charge in [0.05, 0.1) is 25.2 Å². The van der Waals surface area contributed by atoms with Crippen LogP contribution >= 0.6 is 0 Å². The highest BCUT2D eigenvalue weighted by Gasteiger charge is 2.45. The minimum absolute atomic E-state index is 0.0821. The predicted molar refractivity (Wildman–Crippen MR) is 104 cm³/mol. The molecule has 1 atom stereocenters. The number of ether oxygens (including phenoxy) is 2. The molecule has 0 aliphatic heterocycles. The molecular formula is C21H25NO4S. The number of rotatable bonds is 6. The molecule has 1 saturated carbocycles. The average Bonchev–Trinajstić information content (AvgIpc) is 3.40. The standard InChI is InChI=1S/C21H25NO4S/c1-14-12-19(25-2)20(26-3)13-21(14)27(23,24)22(16-9-10-16)18-11-8-15-6-4-5-7-17(15)18/h4-7,12-13,16,18H,8-11H2,1-3H3. The zero-order valence-corrected chi connectivity index (χ0v) is 16.8. The quantitative estimate of drug-likeness (QED) is 0.755. The normalized spacial score (nSPS) is 19.2. The zero-order chi connectivity index (χ0) is 19.2. The Kier molecular flexibility index (Phi) is 4.64. The molecule has 1 fully saturated rings. The third-order valence-electron chi connectivity index (χ3n) is 5.55. The van der Waals surface area contributed by atoms with Crippen LogP contribution in [-0.4, -0.2) is 33.0 Å². The summed E-state index contributed by atoms with van der Waals surface area (Å²) < 4.78 is 39.9. The fourth-order valence-corrected chi connectivity index (χ4v) is 6.21. The van der Waals surface area contributed by atoms with Gasteiger partial charge < -0.3 is 9.47 Å². The van der Waals surface area contributed by atoms with Crippen LogP contribution in [0.4, 0.5) is 0 Å². The highest BCUT2D eigenvalue weighted by Crippen LogP contribution is 2.46. The lowest BCUT2D eigenvalue weighted by molar-refractivity contribution is 0.313. The highest BCUT2D eigenvalue weighted by atomic mass is 32.2. The Morgan fingerprint density at radius 2 is 1.67 bits per heavy atom. The minimum atomic E-state index is -3.65. The zero-order valence-electron chi connectivity index (χ0n) is 15.9. The highest BCUT2D eigenvalue weighted by molar-refractivity contribution is 7.89. The first kappa shape index (κ1) is 18.3. The van der Waals surface area contributed by atoms with Gasteiger partial charge in [-0.1, -0.05) is 24.3 Å². The molecule has 0 heterocycles. The second kappa shape index (κ2) is 6.84. The number of hydrogen-bond donors (Lipinski definition) is 0. The summed E-state index contributed by atoms with van der Waals surface area (Å²) in [4.78, 5) is 0.302. The van der Waals surface area contributed by atoms with Crippen molar-refractivity contribution in [2.24, 2.45) is 0 Å². The van der Waals surface area contributed by atoms with Crippen LogP contribution in [0.15, 0.2) is 41.3 Å². The third kappa shape index (κ3) is 3.11. The molecule has 1 unspecified atom stereocenters. The number of aryl methyl sites for hydroxylation is 2. The Labute approximate surface area is 161 Å². The van der Waals surface area contributed by atoms with Crippen molar-refractivity contribution in [3.05, 3.63) is 53.1 Å². The van der Waals surface area contributed by atoms with Gasteiger partial charge in [0.2, 0.25) is 10.0 Å². The van der Waals surface area contributed by atoms with Crippen LogP contribution in [0, 0.1) is 6.92 Å². The van der Waals surface area contributed by atoms with E-state index in [4.69, 9.17) is 9.47 Å². The van der Waals surface area contributed by atoms with Gasteiger partial charge in [0.25, 0.3) is 0 Å². The summed E-state index contributed by atoms with van der Waals surface area (Å²) in [6.07, 6.45) is 3.60. The van der Waals surface area contributed by atoms with Crippen molar-refractivity contribution >= 4 is 10.0 Å². The van der Waals surface area contributed by atoms with Gasteiger partial charge in [-0.25, -0.2) is 8.42 Å². The molecule has 0 amide bonds. The van der Waals surface area contributed by atoms with Crippen LogP contribution in [0.1, 0.15) is 42.0 Å². The molecule has 0 radical (unpaired) electrons. The SMILES string of the molecule is COc1cc(C)c(S(=O)(=O)N(C2CC2)C2CCc3ccccc32)cc1OC. The fraction of sp³-hybridized carbons (Fsp3) is 0.429. The van der Waals surface area contributed by atoms with E-state index in [1.165, 1.54) is 12.7 Å². The Balaban J connectivity index is 1.80. The van der Waals surface area contributed by atoms with E-state index in [0.29, 0.717) is 22.0 Å². The lowest BCUT2D eigenvalue weighted by Gasteiger charge is -2.30. The van der Waals surface area contributed by atoms with E-state index in [1.807, 2.05) is 19.1 Å². The van der Waals surface area contributed by atoms with Gasteiger partial charge in [0.1, 0.15) is 0 Å². The molecule has 0 bridgehead atoms. The van der Waals surface area contributed by atoms with Crippen LogP contribution in [0.3, 0.4) is 0 Å². The van der Waals surface area contributed by atoms with Crippen molar-refractivity contribution in [3.8, 4) is 11.5 Å². The van der Waals surface area contributed by atoms with Gasteiger partial charge in [-0.15, -0.1) is 0 Å². The second-order valence-corrected chi connectivity index (χ2v) is 9.10. The van der Waals surface area contributed by atoms with Gasteiger partial charge in [-0.3, -0.25) is 0 Å². The predicted octanol–water partition coefficient (Wildman–Crippen LogP) is 3.85. The Hall–Kier alpha value is -2.05.